The van der Waals surface area contributed by atoms with Crippen molar-refractivity contribution in [3.63, 3.8) is 0 Å². The van der Waals surface area contributed by atoms with Crippen LogP contribution in [0.4, 0.5) is 5.82 Å². The number of anilines is 1. The molecule has 2 aromatic carbocycles. The molecule has 0 unspecified atom stereocenters. The van der Waals surface area contributed by atoms with E-state index in [1.807, 2.05) is 67.1 Å². The Morgan fingerprint density at radius 1 is 1.08 bits per heavy atom. The second-order valence-corrected chi connectivity index (χ2v) is 5.77. The number of hydrogen-bond acceptors (Lipinski definition) is 3. The van der Waals surface area contributed by atoms with Gasteiger partial charge in [0.1, 0.15) is 12.4 Å². The molecule has 0 aliphatic heterocycles. The Hall–Kier alpha value is -3.15. The molecule has 0 bridgehead atoms. The molecule has 4 aromatic rings. The summed E-state index contributed by atoms with van der Waals surface area (Å²) in [5.74, 6) is 1.28. The standard InChI is InChI=1S/C18H17N5O/c1-12-19-14-8-4-6-10-16(14)23(12)11-17(24)20-18-13-7-3-5-9-15(13)22(2)21-18/h3-10H,11H2,1-2H3,(H,20,21,24). The third-order valence-electron chi connectivity index (χ3n) is 4.16. The molecule has 0 atom stereocenters. The average molecular weight is 319 g/mol. The van der Waals surface area contributed by atoms with Crippen molar-refractivity contribution in [2.24, 2.45) is 7.05 Å². The third-order valence-corrected chi connectivity index (χ3v) is 4.16. The number of benzene rings is 2. The Bertz CT molecular complexity index is 1060. The SMILES string of the molecule is Cc1nc2ccccc2n1CC(=O)Nc1nn(C)c2ccccc12. The van der Waals surface area contributed by atoms with Crippen LogP contribution in [0.1, 0.15) is 5.82 Å². The number of hydrogen-bond donors (Lipinski definition) is 1. The van der Waals surface area contributed by atoms with Crippen LogP contribution in [-0.4, -0.2) is 25.2 Å². The Balaban J connectivity index is 1.63. The quantitative estimate of drug-likeness (QED) is 0.631. The molecular weight excluding hydrogens is 302 g/mol. The molecule has 6 nitrogen and oxygen atoms in total. The topological polar surface area (TPSA) is 64.7 Å². The zero-order chi connectivity index (χ0) is 16.7. The van der Waals surface area contributed by atoms with E-state index >= 15 is 0 Å². The highest BCUT2D eigenvalue weighted by molar-refractivity contribution is 6.00. The lowest BCUT2D eigenvalue weighted by Gasteiger charge is -2.07. The fourth-order valence-electron chi connectivity index (χ4n) is 3.02. The minimum Gasteiger partial charge on any atom is -0.319 e. The van der Waals surface area contributed by atoms with Gasteiger partial charge in [-0.15, -0.1) is 0 Å². The van der Waals surface area contributed by atoms with Gasteiger partial charge >= 0.3 is 0 Å². The van der Waals surface area contributed by atoms with Crippen molar-refractivity contribution in [1.82, 2.24) is 19.3 Å². The van der Waals surface area contributed by atoms with Crippen LogP contribution in [0, 0.1) is 6.92 Å². The van der Waals surface area contributed by atoms with E-state index in [1.165, 1.54) is 0 Å². The summed E-state index contributed by atoms with van der Waals surface area (Å²) < 4.78 is 3.68. The second kappa shape index (κ2) is 5.49. The molecule has 1 N–H and O–H groups in total. The van der Waals surface area contributed by atoms with Crippen molar-refractivity contribution in [2.45, 2.75) is 13.5 Å². The highest BCUT2D eigenvalue weighted by Gasteiger charge is 2.14. The van der Waals surface area contributed by atoms with Crippen LogP contribution < -0.4 is 5.32 Å². The highest BCUT2D eigenvalue weighted by atomic mass is 16.2. The van der Waals surface area contributed by atoms with Gasteiger partial charge in [-0.2, -0.15) is 5.10 Å². The number of aromatic nitrogens is 4. The van der Waals surface area contributed by atoms with Gasteiger partial charge in [0.05, 0.1) is 16.6 Å². The predicted molar refractivity (Wildman–Crippen MR) is 93.8 cm³/mol. The first-order valence-corrected chi connectivity index (χ1v) is 7.77. The van der Waals surface area contributed by atoms with Crippen LogP contribution in [-0.2, 0) is 18.4 Å². The van der Waals surface area contributed by atoms with E-state index in [0.29, 0.717) is 5.82 Å². The largest absolute Gasteiger partial charge is 0.319 e. The van der Waals surface area contributed by atoms with Gasteiger partial charge in [0.15, 0.2) is 5.82 Å². The summed E-state index contributed by atoms with van der Waals surface area (Å²) in [5, 5.41) is 8.25. The first kappa shape index (κ1) is 14.4. The molecule has 24 heavy (non-hydrogen) atoms. The molecular formula is C18H17N5O. The lowest BCUT2D eigenvalue weighted by Crippen LogP contribution is -2.20. The van der Waals surface area contributed by atoms with E-state index in [2.05, 4.69) is 15.4 Å². The van der Waals surface area contributed by atoms with Crippen LogP contribution in [0.2, 0.25) is 0 Å². The lowest BCUT2D eigenvalue weighted by atomic mass is 10.2. The minimum absolute atomic E-state index is 0.120. The Morgan fingerprint density at radius 3 is 2.62 bits per heavy atom. The Kier molecular flexibility index (Phi) is 3.30. The summed E-state index contributed by atoms with van der Waals surface area (Å²) in [7, 11) is 1.87. The number of nitrogens with one attached hydrogen (secondary N) is 1. The zero-order valence-electron chi connectivity index (χ0n) is 13.5. The maximum absolute atomic E-state index is 12.5. The van der Waals surface area contributed by atoms with E-state index in [-0.39, 0.29) is 12.5 Å². The molecule has 0 saturated heterocycles. The summed E-state index contributed by atoms with van der Waals surface area (Å²) in [6, 6.07) is 15.6. The summed E-state index contributed by atoms with van der Waals surface area (Å²) >= 11 is 0. The number of carbonyl (C=O) groups excluding carboxylic acids is 1. The summed E-state index contributed by atoms with van der Waals surface area (Å²) in [5.41, 5.74) is 2.83. The van der Waals surface area contributed by atoms with Crippen LogP contribution in [0.5, 0.6) is 0 Å². The first-order chi connectivity index (χ1) is 11.6. The minimum atomic E-state index is -0.120. The maximum atomic E-state index is 12.5. The van der Waals surface area contributed by atoms with Gasteiger partial charge in [0, 0.05) is 12.4 Å². The maximum Gasteiger partial charge on any atom is 0.245 e. The van der Waals surface area contributed by atoms with Crippen molar-refractivity contribution in [3.05, 3.63) is 54.4 Å². The van der Waals surface area contributed by atoms with Crippen molar-refractivity contribution < 1.29 is 4.79 Å². The van der Waals surface area contributed by atoms with Crippen molar-refractivity contribution in [1.29, 1.82) is 0 Å². The van der Waals surface area contributed by atoms with Crippen LogP contribution in [0.15, 0.2) is 48.5 Å². The van der Waals surface area contributed by atoms with Gasteiger partial charge in [0.25, 0.3) is 0 Å². The molecule has 0 fully saturated rings. The van der Waals surface area contributed by atoms with E-state index in [0.717, 1.165) is 27.8 Å². The average Bonchev–Trinajstić information content (AvgIpc) is 3.06. The van der Waals surface area contributed by atoms with Gasteiger partial charge in [-0.05, 0) is 31.2 Å². The number of aryl methyl sites for hydroxylation is 2. The molecule has 2 heterocycles. The second-order valence-electron chi connectivity index (χ2n) is 5.77. The molecule has 4 rings (SSSR count). The van der Waals surface area contributed by atoms with Gasteiger partial charge in [-0.3, -0.25) is 9.48 Å². The normalized spacial score (nSPS) is 11.2. The molecule has 2 aromatic heterocycles. The monoisotopic (exact) mass is 319 g/mol. The summed E-state index contributed by atoms with van der Waals surface area (Å²) in [6.07, 6.45) is 0. The number of rotatable bonds is 3. The predicted octanol–water partition coefficient (Wildman–Crippen LogP) is 2.87. The number of carbonyl (C=O) groups is 1. The van der Waals surface area contributed by atoms with Gasteiger partial charge < -0.3 is 9.88 Å². The van der Waals surface area contributed by atoms with E-state index in [9.17, 15) is 4.79 Å². The summed E-state index contributed by atoms with van der Waals surface area (Å²) in [6.45, 7) is 2.11. The van der Waals surface area contributed by atoms with Crippen molar-refractivity contribution >= 4 is 33.7 Å². The number of fused-ring (bicyclic) bond motifs is 2. The van der Waals surface area contributed by atoms with Crippen LogP contribution in [0.3, 0.4) is 0 Å². The fourth-order valence-corrected chi connectivity index (χ4v) is 3.02. The van der Waals surface area contributed by atoms with E-state index in [1.54, 1.807) is 4.68 Å². The molecule has 1 amide bonds. The van der Waals surface area contributed by atoms with E-state index < -0.39 is 0 Å². The third kappa shape index (κ3) is 2.32. The smallest absolute Gasteiger partial charge is 0.245 e. The number of imidazole rings is 1. The van der Waals surface area contributed by atoms with Gasteiger partial charge in [-0.25, -0.2) is 4.98 Å². The Labute approximate surface area is 138 Å². The first-order valence-electron chi connectivity index (χ1n) is 7.77. The molecule has 0 saturated carbocycles. The van der Waals surface area contributed by atoms with Crippen molar-refractivity contribution in [3.8, 4) is 0 Å². The zero-order valence-corrected chi connectivity index (χ0v) is 13.5. The van der Waals surface area contributed by atoms with E-state index in [4.69, 9.17) is 0 Å². The molecule has 6 heteroatoms. The Morgan fingerprint density at radius 2 is 1.79 bits per heavy atom. The van der Waals surface area contributed by atoms with Crippen LogP contribution in [0.25, 0.3) is 21.9 Å². The molecule has 0 radical (unpaired) electrons. The van der Waals surface area contributed by atoms with Gasteiger partial charge in [0.2, 0.25) is 5.91 Å². The number of nitrogens with zero attached hydrogens (tertiary/aromatic N) is 4. The molecule has 0 aliphatic carbocycles. The fraction of sp³-hybridized carbons (Fsp3) is 0.167. The molecule has 120 valence electrons. The lowest BCUT2D eigenvalue weighted by molar-refractivity contribution is -0.116. The number of para-hydroxylation sites is 3. The highest BCUT2D eigenvalue weighted by Crippen LogP contribution is 2.22. The molecule has 0 aliphatic rings. The van der Waals surface area contributed by atoms with Crippen molar-refractivity contribution in [2.75, 3.05) is 5.32 Å². The number of amides is 1. The van der Waals surface area contributed by atoms with Crippen LogP contribution >= 0.6 is 0 Å². The molecule has 0 spiro atoms. The van der Waals surface area contributed by atoms with Gasteiger partial charge in [-0.1, -0.05) is 24.3 Å². The summed E-state index contributed by atoms with van der Waals surface area (Å²) in [4.78, 5) is 17.0.